The average molecular weight is 258 g/mol. The SMILES string of the molecule is Cc1cncc(C(=O)NC2CCN(CC#N)CC2)c1. The quantitative estimate of drug-likeness (QED) is 0.824. The lowest BCUT2D eigenvalue weighted by Gasteiger charge is -2.30. The Kier molecular flexibility index (Phi) is 4.48. The predicted molar refractivity (Wildman–Crippen MR) is 71.5 cm³/mol. The second kappa shape index (κ2) is 6.30. The van der Waals surface area contributed by atoms with E-state index in [0.29, 0.717) is 12.1 Å². The van der Waals surface area contributed by atoms with Gasteiger partial charge in [0.1, 0.15) is 0 Å². The molecule has 19 heavy (non-hydrogen) atoms. The molecule has 0 atom stereocenters. The number of nitrogens with zero attached hydrogens (tertiary/aromatic N) is 3. The maximum absolute atomic E-state index is 12.1. The molecule has 0 spiro atoms. The number of aromatic nitrogens is 1. The van der Waals surface area contributed by atoms with Crippen LogP contribution >= 0.6 is 0 Å². The number of carbonyl (C=O) groups excluding carboxylic acids is 1. The zero-order valence-corrected chi connectivity index (χ0v) is 11.1. The van der Waals surface area contributed by atoms with Crippen molar-refractivity contribution in [3.05, 3.63) is 29.6 Å². The van der Waals surface area contributed by atoms with Gasteiger partial charge in [-0.1, -0.05) is 0 Å². The minimum Gasteiger partial charge on any atom is -0.349 e. The van der Waals surface area contributed by atoms with Crippen LogP contribution in [-0.2, 0) is 0 Å². The highest BCUT2D eigenvalue weighted by Crippen LogP contribution is 2.11. The Morgan fingerprint density at radius 2 is 2.26 bits per heavy atom. The van der Waals surface area contributed by atoms with Gasteiger partial charge in [-0.3, -0.25) is 14.7 Å². The minimum absolute atomic E-state index is 0.0602. The van der Waals surface area contributed by atoms with Crippen molar-refractivity contribution in [3.63, 3.8) is 0 Å². The maximum atomic E-state index is 12.1. The third kappa shape index (κ3) is 3.76. The molecule has 1 aromatic heterocycles. The molecule has 1 fully saturated rings. The van der Waals surface area contributed by atoms with Gasteiger partial charge in [-0.2, -0.15) is 5.26 Å². The summed E-state index contributed by atoms with van der Waals surface area (Å²) in [7, 11) is 0. The van der Waals surface area contributed by atoms with Crippen LogP contribution in [-0.4, -0.2) is 41.5 Å². The lowest BCUT2D eigenvalue weighted by Crippen LogP contribution is -2.44. The summed E-state index contributed by atoms with van der Waals surface area (Å²) < 4.78 is 0. The third-order valence-electron chi connectivity index (χ3n) is 3.35. The summed E-state index contributed by atoms with van der Waals surface area (Å²) in [6, 6.07) is 4.19. The summed E-state index contributed by atoms with van der Waals surface area (Å²) in [4.78, 5) is 18.2. The van der Waals surface area contributed by atoms with E-state index in [9.17, 15) is 4.79 Å². The Hall–Kier alpha value is -1.93. The Balaban J connectivity index is 1.86. The van der Waals surface area contributed by atoms with Crippen molar-refractivity contribution in [2.75, 3.05) is 19.6 Å². The fourth-order valence-corrected chi connectivity index (χ4v) is 2.28. The highest BCUT2D eigenvalue weighted by molar-refractivity contribution is 5.94. The summed E-state index contributed by atoms with van der Waals surface area (Å²) in [6.45, 7) is 4.13. The van der Waals surface area contributed by atoms with E-state index in [-0.39, 0.29) is 11.9 Å². The number of nitrogens with one attached hydrogen (secondary N) is 1. The number of likely N-dealkylation sites (tertiary alicyclic amines) is 1. The van der Waals surface area contributed by atoms with Gasteiger partial charge in [-0.25, -0.2) is 0 Å². The van der Waals surface area contributed by atoms with Crippen LogP contribution in [0.3, 0.4) is 0 Å². The lowest BCUT2D eigenvalue weighted by molar-refractivity contribution is 0.0914. The number of piperidine rings is 1. The smallest absolute Gasteiger partial charge is 0.253 e. The highest BCUT2D eigenvalue weighted by Gasteiger charge is 2.20. The van der Waals surface area contributed by atoms with Gasteiger partial charge < -0.3 is 5.32 Å². The second-order valence-corrected chi connectivity index (χ2v) is 4.93. The van der Waals surface area contributed by atoms with Crippen molar-refractivity contribution in [2.45, 2.75) is 25.8 Å². The first-order valence-electron chi connectivity index (χ1n) is 6.51. The topological polar surface area (TPSA) is 69.0 Å². The molecule has 100 valence electrons. The predicted octanol–water partition coefficient (Wildman–Crippen LogP) is 1.11. The van der Waals surface area contributed by atoms with Gasteiger partial charge in [0.05, 0.1) is 18.2 Å². The number of amides is 1. The molecule has 1 saturated heterocycles. The lowest BCUT2D eigenvalue weighted by atomic mass is 10.0. The van der Waals surface area contributed by atoms with Gasteiger partial charge in [0.25, 0.3) is 5.91 Å². The summed E-state index contributed by atoms with van der Waals surface area (Å²) in [6.07, 6.45) is 5.11. The van der Waals surface area contributed by atoms with Crippen LogP contribution in [0.25, 0.3) is 0 Å². The molecule has 0 unspecified atom stereocenters. The average Bonchev–Trinajstić information content (AvgIpc) is 2.41. The number of rotatable bonds is 3. The van der Waals surface area contributed by atoms with Gasteiger partial charge >= 0.3 is 0 Å². The van der Waals surface area contributed by atoms with Crippen LogP contribution in [0.1, 0.15) is 28.8 Å². The molecular weight excluding hydrogens is 240 g/mol. The van der Waals surface area contributed by atoms with Crippen molar-refractivity contribution in [1.82, 2.24) is 15.2 Å². The standard InChI is InChI=1S/C14H18N4O/c1-11-8-12(10-16-9-11)14(19)17-13-2-5-18(6-3-13)7-4-15/h8-10,13H,2-3,5-7H2,1H3,(H,17,19). The molecule has 2 heterocycles. The molecule has 1 aromatic rings. The number of hydrogen-bond acceptors (Lipinski definition) is 4. The van der Waals surface area contributed by atoms with Crippen LogP contribution in [0.2, 0.25) is 0 Å². The Bertz CT molecular complexity index is 486. The van der Waals surface area contributed by atoms with Gasteiger partial charge in [0.2, 0.25) is 0 Å². The van der Waals surface area contributed by atoms with Gasteiger partial charge in [0.15, 0.2) is 0 Å². The highest BCUT2D eigenvalue weighted by atomic mass is 16.1. The van der Waals surface area contributed by atoms with E-state index >= 15 is 0 Å². The van der Waals surface area contributed by atoms with Gasteiger partial charge in [0, 0.05) is 31.5 Å². The molecule has 5 nitrogen and oxygen atoms in total. The first-order chi connectivity index (χ1) is 9.19. The monoisotopic (exact) mass is 258 g/mol. The maximum Gasteiger partial charge on any atom is 0.253 e. The molecule has 0 bridgehead atoms. The van der Waals surface area contributed by atoms with Gasteiger partial charge in [-0.05, 0) is 31.4 Å². The molecule has 1 N–H and O–H groups in total. The second-order valence-electron chi connectivity index (χ2n) is 4.93. The zero-order valence-electron chi connectivity index (χ0n) is 11.1. The fraction of sp³-hybridized carbons (Fsp3) is 0.500. The third-order valence-corrected chi connectivity index (χ3v) is 3.35. The van der Waals surface area contributed by atoms with E-state index in [2.05, 4.69) is 21.3 Å². The molecule has 1 amide bonds. The summed E-state index contributed by atoms with van der Waals surface area (Å²) in [5.41, 5.74) is 1.59. The first-order valence-corrected chi connectivity index (χ1v) is 6.51. The largest absolute Gasteiger partial charge is 0.349 e. The van der Waals surface area contributed by atoms with Crippen LogP contribution in [0.4, 0.5) is 0 Å². The van der Waals surface area contributed by atoms with Gasteiger partial charge in [-0.15, -0.1) is 0 Å². The molecule has 0 saturated carbocycles. The number of pyridine rings is 1. The Morgan fingerprint density at radius 3 is 2.89 bits per heavy atom. The fourth-order valence-electron chi connectivity index (χ4n) is 2.28. The number of aryl methyl sites for hydroxylation is 1. The zero-order chi connectivity index (χ0) is 13.7. The van der Waals surface area contributed by atoms with Crippen molar-refractivity contribution in [3.8, 4) is 6.07 Å². The molecule has 0 aliphatic carbocycles. The number of hydrogen-bond donors (Lipinski definition) is 1. The molecule has 0 aromatic carbocycles. The van der Waals surface area contributed by atoms with Crippen molar-refractivity contribution >= 4 is 5.91 Å². The van der Waals surface area contributed by atoms with Crippen LogP contribution in [0.5, 0.6) is 0 Å². The number of nitriles is 1. The number of carbonyl (C=O) groups is 1. The molecule has 5 heteroatoms. The van der Waals surface area contributed by atoms with E-state index in [1.165, 1.54) is 0 Å². The molecule has 1 aliphatic heterocycles. The first kappa shape index (κ1) is 13.5. The van der Waals surface area contributed by atoms with Crippen molar-refractivity contribution in [1.29, 1.82) is 5.26 Å². The van der Waals surface area contributed by atoms with Crippen LogP contribution < -0.4 is 5.32 Å². The van der Waals surface area contributed by atoms with E-state index in [4.69, 9.17) is 5.26 Å². The van der Waals surface area contributed by atoms with Crippen LogP contribution in [0, 0.1) is 18.3 Å². The summed E-state index contributed by atoms with van der Waals surface area (Å²) in [5.74, 6) is -0.0602. The van der Waals surface area contributed by atoms with E-state index in [0.717, 1.165) is 31.5 Å². The van der Waals surface area contributed by atoms with E-state index in [1.54, 1.807) is 12.4 Å². The molecule has 1 aliphatic rings. The minimum atomic E-state index is -0.0602. The molecular formula is C14H18N4O. The summed E-state index contributed by atoms with van der Waals surface area (Å²) >= 11 is 0. The van der Waals surface area contributed by atoms with E-state index < -0.39 is 0 Å². The van der Waals surface area contributed by atoms with Crippen molar-refractivity contribution < 1.29 is 4.79 Å². The molecule has 0 radical (unpaired) electrons. The summed E-state index contributed by atoms with van der Waals surface area (Å²) in [5, 5.41) is 11.7. The van der Waals surface area contributed by atoms with Crippen LogP contribution in [0.15, 0.2) is 18.5 Å². The molecule has 2 rings (SSSR count). The van der Waals surface area contributed by atoms with Crippen molar-refractivity contribution in [2.24, 2.45) is 0 Å². The Labute approximate surface area is 113 Å². The van der Waals surface area contributed by atoms with E-state index in [1.807, 2.05) is 13.0 Å². The Morgan fingerprint density at radius 1 is 1.53 bits per heavy atom. The normalized spacial score (nSPS) is 16.8.